The normalized spacial score (nSPS) is 12.1. The molecule has 1 aromatic heterocycles. The first-order chi connectivity index (χ1) is 8.31. The van der Waals surface area contributed by atoms with E-state index < -0.39 is 6.10 Å². The maximum atomic E-state index is 12.0. The van der Waals surface area contributed by atoms with Crippen LogP contribution in [0.5, 0.6) is 5.75 Å². The Morgan fingerprint density at radius 3 is 2.76 bits per heavy atom. The van der Waals surface area contributed by atoms with Crippen molar-refractivity contribution in [2.75, 3.05) is 0 Å². The first-order valence-corrected chi connectivity index (χ1v) is 5.43. The lowest BCUT2D eigenvalue weighted by molar-refractivity contribution is 0.0781. The van der Waals surface area contributed by atoms with Crippen LogP contribution in [0.1, 0.15) is 23.8 Å². The second-order valence-electron chi connectivity index (χ2n) is 3.55. The maximum absolute atomic E-state index is 12.0. The maximum Gasteiger partial charge on any atom is 0.225 e. The molecule has 0 fully saturated rings. The van der Waals surface area contributed by atoms with Gasteiger partial charge in [0.05, 0.1) is 6.20 Å². The molecule has 1 unspecified atom stereocenters. The topological polar surface area (TPSA) is 67.9 Å². The fraction of sp³-hybridized carbons (Fsp3) is 0.250. The van der Waals surface area contributed by atoms with Gasteiger partial charge in [0.15, 0.2) is 11.8 Å². The van der Waals surface area contributed by atoms with E-state index in [9.17, 15) is 4.79 Å². The molecule has 88 valence electrons. The molecule has 0 saturated heterocycles. The van der Waals surface area contributed by atoms with Crippen LogP contribution in [0.25, 0.3) is 0 Å². The van der Waals surface area contributed by atoms with E-state index in [1.54, 1.807) is 0 Å². The Bertz CT molecular complexity index is 468. The number of carbonyl (C=O) groups excluding carboxylic acids is 1. The average Bonchev–Trinajstić information content (AvgIpc) is 2.90. The smallest absolute Gasteiger partial charge is 0.225 e. The Morgan fingerprint density at radius 2 is 2.18 bits per heavy atom. The van der Waals surface area contributed by atoms with E-state index in [4.69, 9.17) is 4.74 Å². The number of Topliss-reactive ketones (excluding diaryl/α,β-unsaturated/α-hetero) is 1. The largest absolute Gasteiger partial charge is 0.482 e. The van der Waals surface area contributed by atoms with Gasteiger partial charge in [0.1, 0.15) is 5.75 Å². The van der Waals surface area contributed by atoms with Gasteiger partial charge in [-0.15, -0.1) is 0 Å². The first-order valence-electron chi connectivity index (χ1n) is 5.43. The van der Waals surface area contributed by atoms with Gasteiger partial charge in [0, 0.05) is 0 Å². The summed E-state index contributed by atoms with van der Waals surface area (Å²) in [5.74, 6) is 0.515. The lowest BCUT2D eigenvalue weighted by Gasteiger charge is -2.14. The zero-order valence-corrected chi connectivity index (χ0v) is 9.46. The van der Waals surface area contributed by atoms with Gasteiger partial charge in [-0.25, -0.2) is 0 Å². The monoisotopic (exact) mass is 231 g/mol. The van der Waals surface area contributed by atoms with Crippen LogP contribution in [-0.2, 0) is 0 Å². The molecule has 0 aliphatic heterocycles. The van der Waals surface area contributed by atoms with E-state index >= 15 is 0 Å². The Hall–Kier alpha value is -2.17. The Balaban J connectivity index is 2.10. The van der Waals surface area contributed by atoms with E-state index in [2.05, 4.69) is 15.4 Å². The predicted octanol–water partition coefficient (Wildman–Crippen LogP) is 1.84. The molecule has 2 rings (SSSR count). The fourth-order valence-electron chi connectivity index (χ4n) is 1.47. The highest BCUT2D eigenvalue weighted by molar-refractivity contribution is 5.97. The third-order valence-corrected chi connectivity index (χ3v) is 2.35. The summed E-state index contributed by atoms with van der Waals surface area (Å²) >= 11 is 0. The summed E-state index contributed by atoms with van der Waals surface area (Å²) in [6, 6.07) is 9.26. The molecule has 17 heavy (non-hydrogen) atoms. The minimum Gasteiger partial charge on any atom is -0.482 e. The first kappa shape index (κ1) is 11.3. The van der Waals surface area contributed by atoms with Crippen LogP contribution in [0.3, 0.4) is 0 Å². The number of aromatic amines is 1. The van der Waals surface area contributed by atoms with Crippen molar-refractivity contribution < 1.29 is 9.53 Å². The average molecular weight is 231 g/mol. The molecular formula is C12H13N3O2. The molecule has 2 aromatic rings. The molecule has 5 nitrogen and oxygen atoms in total. The van der Waals surface area contributed by atoms with Crippen LogP contribution < -0.4 is 4.74 Å². The Kier molecular flexibility index (Phi) is 3.49. The highest BCUT2D eigenvalue weighted by Crippen LogP contribution is 2.14. The molecule has 0 aliphatic rings. The number of ketones is 1. The van der Waals surface area contributed by atoms with Crippen LogP contribution in [0.4, 0.5) is 0 Å². The molecule has 0 aliphatic carbocycles. The number of para-hydroxylation sites is 1. The molecular weight excluding hydrogens is 218 g/mol. The summed E-state index contributed by atoms with van der Waals surface area (Å²) in [4.78, 5) is 12.0. The molecule has 1 aromatic carbocycles. The van der Waals surface area contributed by atoms with Crippen molar-refractivity contribution >= 4 is 5.78 Å². The Labute approximate surface area is 98.8 Å². The molecule has 5 heteroatoms. The number of aromatic nitrogens is 3. The van der Waals surface area contributed by atoms with Gasteiger partial charge in [-0.2, -0.15) is 15.4 Å². The minimum atomic E-state index is -0.525. The van der Waals surface area contributed by atoms with Crippen LogP contribution in [0.2, 0.25) is 0 Å². The van der Waals surface area contributed by atoms with Crippen molar-refractivity contribution in [2.45, 2.75) is 19.4 Å². The van der Waals surface area contributed by atoms with Crippen molar-refractivity contribution in [2.24, 2.45) is 0 Å². The van der Waals surface area contributed by atoms with Gasteiger partial charge in [0.25, 0.3) is 0 Å². The molecule has 1 atom stereocenters. The van der Waals surface area contributed by atoms with Crippen molar-refractivity contribution in [3.63, 3.8) is 0 Å². The SMILES string of the molecule is CCC(Oc1ccccc1)C(=O)c1cn[nH]n1. The van der Waals surface area contributed by atoms with Crippen molar-refractivity contribution in [1.82, 2.24) is 15.4 Å². The lowest BCUT2D eigenvalue weighted by Crippen LogP contribution is -2.27. The van der Waals surface area contributed by atoms with Gasteiger partial charge in [-0.05, 0) is 18.6 Å². The molecule has 1 heterocycles. The van der Waals surface area contributed by atoms with Gasteiger partial charge < -0.3 is 4.74 Å². The number of benzene rings is 1. The van der Waals surface area contributed by atoms with Crippen molar-refractivity contribution in [1.29, 1.82) is 0 Å². The van der Waals surface area contributed by atoms with Crippen molar-refractivity contribution in [3.05, 3.63) is 42.2 Å². The van der Waals surface area contributed by atoms with Crippen LogP contribution in [0, 0.1) is 0 Å². The van der Waals surface area contributed by atoms with Gasteiger partial charge in [-0.1, -0.05) is 25.1 Å². The minimum absolute atomic E-state index is 0.162. The standard InChI is InChI=1S/C12H13N3O2/c1-2-11(12(16)10-8-13-15-14-10)17-9-6-4-3-5-7-9/h3-8,11H,2H2,1H3,(H,13,14,15). The van der Waals surface area contributed by atoms with E-state index in [1.165, 1.54) is 6.20 Å². The van der Waals surface area contributed by atoms with E-state index in [0.717, 1.165) is 0 Å². The predicted molar refractivity (Wildman–Crippen MR) is 61.9 cm³/mol. The van der Waals surface area contributed by atoms with Crippen LogP contribution in [-0.4, -0.2) is 27.3 Å². The zero-order chi connectivity index (χ0) is 12.1. The summed E-state index contributed by atoms with van der Waals surface area (Å²) in [5.41, 5.74) is 0.299. The molecule has 1 N–H and O–H groups in total. The summed E-state index contributed by atoms with van der Waals surface area (Å²) in [6.07, 6.45) is 1.46. The highest BCUT2D eigenvalue weighted by Gasteiger charge is 2.22. The quantitative estimate of drug-likeness (QED) is 0.797. The third-order valence-electron chi connectivity index (χ3n) is 2.35. The van der Waals surface area contributed by atoms with E-state index in [-0.39, 0.29) is 5.78 Å². The van der Waals surface area contributed by atoms with Gasteiger partial charge in [-0.3, -0.25) is 4.79 Å². The van der Waals surface area contributed by atoms with Gasteiger partial charge in [0.2, 0.25) is 5.78 Å². The second-order valence-corrected chi connectivity index (χ2v) is 3.55. The fourth-order valence-corrected chi connectivity index (χ4v) is 1.47. The number of rotatable bonds is 5. The number of nitrogens with zero attached hydrogens (tertiary/aromatic N) is 2. The van der Waals surface area contributed by atoms with Crippen LogP contribution >= 0.6 is 0 Å². The van der Waals surface area contributed by atoms with E-state index in [0.29, 0.717) is 17.9 Å². The van der Waals surface area contributed by atoms with E-state index in [1.807, 2.05) is 37.3 Å². The Morgan fingerprint density at radius 1 is 1.41 bits per heavy atom. The highest BCUT2D eigenvalue weighted by atomic mass is 16.5. The molecule has 0 amide bonds. The number of hydrogen-bond donors (Lipinski definition) is 1. The number of H-pyrrole nitrogens is 1. The van der Waals surface area contributed by atoms with Gasteiger partial charge >= 0.3 is 0 Å². The molecule has 0 saturated carbocycles. The summed E-state index contributed by atoms with van der Waals surface area (Å²) in [5, 5.41) is 9.79. The zero-order valence-electron chi connectivity index (χ0n) is 9.46. The molecule has 0 bridgehead atoms. The number of ether oxygens (including phenoxy) is 1. The number of nitrogens with one attached hydrogen (secondary N) is 1. The molecule has 0 radical (unpaired) electrons. The van der Waals surface area contributed by atoms with Crippen molar-refractivity contribution in [3.8, 4) is 5.75 Å². The summed E-state index contributed by atoms with van der Waals surface area (Å²) in [7, 11) is 0. The lowest BCUT2D eigenvalue weighted by atomic mass is 10.1. The van der Waals surface area contributed by atoms with Crippen LogP contribution in [0.15, 0.2) is 36.5 Å². The second kappa shape index (κ2) is 5.25. The third kappa shape index (κ3) is 2.69. The summed E-state index contributed by atoms with van der Waals surface area (Å²) in [6.45, 7) is 1.89. The summed E-state index contributed by atoms with van der Waals surface area (Å²) < 4.78 is 5.62. The number of carbonyl (C=O) groups is 1. The number of hydrogen-bond acceptors (Lipinski definition) is 4. The molecule has 0 spiro atoms.